The lowest BCUT2D eigenvalue weighted by Gasteiger charge is -2.26. The van der Waals surface area contributed by atoms with Crippen LogP contribution in [0.4, 0.5) is 0 Å². The Balaban J connectivity index is 1.63. The molecule has 1 aliphatic rings. The minimum Gasteiger partial charge on any atom is -0.379 e. The lowest BCUT2D eigenvalue weighted by atomic mass is 9.97. The van der Waals surface area contributed by atoms with E-state index in [-0.39, 0.29) is 22.8 Å². The van der Waals surface area contributed by atoms with Gasteiger partial charge in [-0.05, 0) is 42.7 Å². The standard InChI is InChI=1S/C24H30N4O4S/c1-4-16(2)22(23-25-20-7-5-6-8-21(20)26-23)27-24(29)19-15-18(10-9-17(19)3)33(30,31)28-11-13-32-14-12-28/h5-10,15-16,22H,4,11-14H2,1-3H3,(H,25,26)(H,27,29). The van der Waals surface area contributed by atoms with Crippen LogP contribution in [0.3, 0.4) is 0 Å². The van der Waals surface area contributed by atoms with Gasteiger partial charge in [-0.3, -0.25) is 4.79 Å². The third-order valence-corrected chi connectivity index (χ3v) is 8.16. The number of ether oxygens (including phenoxy) is 1. The zero-order valence-corrected chi connectivity index (χ0v) is 20.0. The summed E-state index contributed by atoms with van der Waals surface area (Å²) in [5, 5.41) is 3.10. The highest BCUT2D eigenvalue weighted by Crippen LogP contribution is 2.26. The highest BCUT2D eigenvalue weighted by Gasteiger charge is 2.29. The molecule has 2 heterocycles. The quantitative estimate of drug-likeness (QED) is 0.551. The number of hydrogen-bond donors (Lipinski definition) is 2. The van der Waals surface area contributed by atoms with Crippen molar-refractivity contribution in [2.75, 3.05) is 26.3 Å². The first-order chi connectivity index (χ1) is 15.8. The third kappa shape index (κ3) is 4.80. The number of rotatable bonds is 7. The lowest BCUT2D eigenvalue weighted by Crippen LogP contribution is -2.40. The van der Waals surface area contributed by atoms with Crippen LogP contribution >= 0.6 is 0 Å². The smallest absolute Gasteiger partial charge is 0.252 e. The molecule has 8 nitrogen and oxygen atoms in total. The third-order valence-electron chi connectivity index (χ3n) is 6.26. The van der Waals surface area contributed by atoms with Crippen molar-refractivity contribution in [2.24, 2.45) is 5.92 Å². The van der Waals surface area contributed by atoms with Crippen LogP contribution in [-0.2, 0) is 14.8 Å². The first kappa shape index (κ1) is 23.4. The number of aromatic nitrogens is 2. The molecule has 0 aliphatic carbocycles. The first-order valence-corrected chi connectivity index (χ1v) is 12.7. The summed E-state index contributed by atoms with van der Waals surface area (Å²) in [6.07, 6.45) is 0.840. The molecule has 1 aromatic heterocycles. The highest BCUT2D eigenvalue weighted by molar-refractivity contribution is 7.89. The molecule has 2 unspecified atom stereocenters. The van der Waals surface area contributed by atoms with Crippen molar-refractivity contribution in [1.82, 2.24) is 19.6 Å². The molecule has 176 valence electrons. The number of nitrogens with one attached hydrogen (secondary N) is 2. The van der Waals surface area contributed by atoms with E-state index in [4.69, 9.17) is 4.74 Å². The lowest BCUT2D eigenvalue weighted by molar-refractivity contribution is 0.0730. The van der Waals surface area contributed by atoms with Crippen molar-refractivity contribution in [2.45, 2.75) is 38.1 Å². The maximum atomic E-state index is 13.4. The molecule has 3 aromatic rings. The minimum atomic E-state index is -3.70. The highest BCUT2D eigenvalue weighted by atomic mass is 32.2. The summed E-state index contributed by atoms with van der Waals surface area (Å²) in [7, 11) is -3.70. The molecule has 0 saturated carbocycles. The Morgan fingerprint density at radius 2 is 1.94 bits per heavy atom. The predicted octanol–water partition coefficient (Wildman–Crippen LogP) is 3.41. The summed E-state index contributed by atoms with van der Waals surface area (Å²) in [6, 6.07) is 12.1. The second-order valence-electron chi connectivity index (χ2n) is 8.47. The van der Waals surface area contributed by atoms with Gasteiger partial charge in [0.15, 0.2) is 0 Å². The van der Waals surface area contributed by atoms with Crippen LogP contribution in [0, 0.1) is 12.8 Å². The number of nitrogens with zero attached hydrogens (tertiary/aromatic N) is 2. The molecule has 4 rings (SSSR count). The monoisotopic (exact) mass is 470 g/mol. The van der Waals surface area contributed by atoms with Crippen molar-refractivity contribution in [3.05, 3.63) is 59.4 Å². The molecule has 1 saturated heterocycles. The number of carbonyl (C=O) groups is 1. The van der Waals surface area contributed by atoms with Crippen LogP contribution < -0.4 is 5.32 Å². The number of morpholine rings is 1. The van der Waals surface area contributed by atoms with Gasteiger partial charge < -0.3 is 15.0 Å². The van der Waals surface area contributed by atoms with Gasteiger partial charge in [-0.2, -0.15) is 4.31 Å². The molecular weight excluding hydrogens is 440 g/mol. The predicted molar refractivity (Wildman–Crippen MR) is 127 cm³/mol. The van der Waals surface area contributed by atoms with Gasteiger partial charge in [0.1, 0.15) is 5.82 Å². The van der Waals surface area contributed by atoms with Gasteiger partial charge in [-0.1, -0.05) is 38.5 Å². The average Bonchev–Trinajstić information content (AvgIpc) is 3.26. The van der Waals surface area contributed by atoms with E-state index in [1.165, 1.54) is 10.4 Å². The summed E-state index contributed by atoms with van der Waals surface area (Å²) >= 11 is 0. The fraction of sp³-hybridized carbons (Fsp3) is 0.417. The van der Waals surface area contributed by atoms with Gasteiger partial charge in [0.05, 0.1) is 35.2 Å². The van der Waals surface area contributed by atoms with E-state index in [1.54, 1.807) is 19.1 Å². The number of imidazole rings is 1. The maximum Gasteiger partial charge on any atom is 0.252 e. The van der Waals surface area contributed by atoms with Crippen molar-refractivity contribution in [3.8, 4) is 0 Å². The van der Waals surface area contributed by atoms with Gasteiger partial charge in [0, 0.05) is 18.7 Å². The van der Waals surface area contributed by atoms with E-state index in [9.17, 15) is 13.2 Å². The van der Waals surface area contributed by atoms with E-state index in [2.05, 4.69) is 29.1 Å². The van der Waals surface area contributed by atoms with Crippen molar-refractivity contribution in [1.29, 1.82) is 0 Å². The molecule has 0 spiro atoms. The van der Waals surface area contributed by atoms with E-state index in [0.29, 0.717) is 43.3 Å². The Morgan fingerprint density at radius 3 is 2.64 bits per heavy atom. The number of para-hydroxylation sites is 2. The SMILES string of the molecule is CCC(C)C(NC(=O)c1cc(S(=O)(=O)N2CCOCC2)ccc1C)c1nc2ccccc2[nH]1. The number of fused-ring (bicyclic) bond motifs is 1. The number of hydrogen-bond acceptors (Lipinski definition) is 5. The molecule has 0 bridgehead atoms. The fourth-order valence-electron chi connectivity index (χ4n) is 4.00. The number of aromatic amines is 1. The number of H-pyrrole nitrogens is 1. The number of sulfonamides is 1. The van der Waals surface area contributed by atoms with E-state index < -0.39 is 10.0 Å². The molecule has 2 atom stereocenters. The van der Waals surface area contributed by atoms with E-state index >= 15 is 0 Å². The molecule has 1 fully saturated rings. The number of aryl methyl sites for hydroxylation is 1. The Bertz CT molecular complexity index is 1220. The molecule has 9 heteroatoms. The van der Waals surface area contributed by atoms with E-state index in [1.807, 2.05) is 24.3 Å². The van der Waals surface area contributed by atoms with Crippen LogP contribution in [0.2, 0.25) is 0 Å². The Labute approximate surface area is 194 Å². The van der Waals surface area contributed by atoms with Crippen LogP contribution in [-0.4, -0.2) is 54.9 Å². The molecular formula is C24H30N4O4S. The van der Waals surface area contributed by atoms with Gasteiger partial charge >= 0.3 is 0 Å². The summed E-state index contributed by atoms with van der Waals surface area (Å²) in [6.45, 7) is 7.27. The second-order valence-corrected chi connectivity index (χ2v) is 10.4. The van der Waals surface area contributed by atoms with Gasteiger partial charge in [0.25, 0.3) is 5.91 Å². The fourth-order valence-corrected chi connectivity index (χ4v) is 5.43. The summed E-state index contributed by atoms with van der Waals surface area (Å²) in [4.78, 5) is 21.5. The zero-order valence-electron chi connectivity index (χ0n) is 19.2. The molecule has 1 aliphatic heterocycles. The number of carbonyl (C=O) groups excluding carboxylic acids is 1. The van der Waals surface area contributed by atoms with Crippen molar-refractivity contribution >= 4 is 27.0 Å². The van der Waals surface area contributed by atoms with Crippen LogP contribution in [0.15, 0.2) is 47.4 Å². The largest absolute Gasteiger partial charge is 0.379 e. The first-order valence-electron chi connectivity index (χ1n) is 11.2. The van der Waals surface area contributed by atoms with Gasteiger partial charge in [0.2, 0.25) is 10.0 Å². The summed E-state index contributed by atoms with van der Waals surface area (Å²) < 4.78 is 32.9. The van der Waals surface area contributed by atoms with Crippen LogP contribution in [0.25, 0.3) is 11.0 Å². The molecule has 1 amide bonds. The van der Waals surface area contributed by atoms with Gasteiger partial charge in [-0.15, -0.1) is 0 Å². The number of benzene rings is 2. The zero-order chi connectivity index (χ0) is 23.6. The second kappa shape index (κ2) is 9.62. The maximum absolute atomic E-state index is 13.4. The molecule has 2 N–H and O–H groups in total. The van der Waals surface area contributed by atoms with Crippen molar-refractivity contribution in [3.63, 3.8) is 0 Å². The van der Waals surface area contributed by atoms with Crippen LogP contribution in [0.5, 0.6) is 0 Å². The molecule has 33 heavy (non-hydrogen) atoms. The Hall–Kier alpha value is -2.75. The average molecular weight is 471 g/mol. The van der Waals surface area contributed by atoms with E-state index in [0.717, 1.165) is 17.5 Å². The topological polar surface area (TPSA) is 104 Å². The van der Waals surface area contributed by atoms with Gasteiger partial charge in [-0.25, -0.2) is 13.4 Å². The normalized spacial score (nSPS) is 17.1. The molecule has 0 radical (unpaired) electrons. The summed E-state index contributed by atoms with van der Waals surface area (Å²) in [5.74, 6) is 0.487. The Kier molecular flexibility index (Phi) is 6.83. The number of amides is 1. The van der Waals surface area contributed by atoms with Crippen LogP contribution in [0.1, 0.15) is 48.1 Å². The summed E-state index contributed by atoms with van der Waals surface area (Å²) in [5.41, 5.74) is 2.80. The Morgan fingerprint density at radius 1 is 1.21 bits per heavy atom. The minimum absolute atomic E-state index is 0.115. The van der Waals surface area contributed by atoms with Crippen molar-refractivity contribution < 1.29 is 17.9 Å². The molecule has 2 aromatic carbocycles.